The van der Waals surface area contributed by atoms with Crippen LogP contribution in [-0.2, 0) is 6.54 Å². The summed E-state index contributed by atoms with van der Waals surface area (Å²) >= 11 is 0. The lowest BCUT2D eigenvalue weighted by atomic mass is 9.97. The Bertz CT molecular complexity index is 553. The molecule has 0 fully saturated rings. The molecule has 0 spiro atoms. The molecule has 0 aliphatic rings. The van der Waals surface area contributed by atoms with Gasteiger partial charge in [0.25, 0.3) is 0 Å². The van der Waals surface area contributed by atoms with Crippen molar-refractivity contribution in [2.45, 2.75) is 12.6 Å². The van der Waals surface area contributed by atoms with E-state index in [2.05, 4.69) is 5.32 Å². The molecule has 3 N–H and O–H groups in total. The van der Waals surface area contributed by atoms with Gasteiger partial charge in [0, 0.05) is 18.2 Å². The van der Waals surface area contributed by atoms with Gasteiger partial charge < -0.3 is 11.1 Å². The van der Waals surface area contributed by atoms with E-state index in [0.717, 1.165) is 17.2 Å². The molecule has 100 valence electrons. The zero-order valence-corrected chi connectivity index (χ0v) is 10.7. The molecule has 2 aromatic carbocycles. The van der Waals surface area contributed by atoms with Crippen LogP contribution in [0.5, 0.6) is 0 Å². The van der Waals surface area contributed by atoms with Crippen LogP contribution >= 0.6 is 0 Å². The lowest BCUT2D eigenvalue weighted by Crippen LogP contribution is -2.19. The van der Waals surface area contributed by atoms with Crippen LogP contribution in [0.2, 0.25) is 0 Å². The van der Waals surface area contributed by atoms with Crippen molar-refractivity contribution >= 4 is 0 Å². The average Bonchev–Trinajstić information content (AvgIpc) is 2.42. The van der Waals surface area contributed by atoms with Gasteiger partial charge in [-0.15, -0.1) is 0 Å². The Balaban J connectivity index is 2.37. The predicted octanol–water partition coefficient (Wildman–Crippen LogP) is 2.73. The van der Waals surface area contributed by atoms with Crippen LogP contribution in [0.3, 0.4) is 0 Å². The van der Waals surface area contributed by atoms with Crippen LogP contribution in [0, 0.1) is 11.6 Å². The van der Waals surface area contributed by atoms with Gasteiger partial charge in [-0.25, -0.2) is 8.78 Å². The number of hydrogen-bond acceptors (Lipinski definition) is 2. The van der Waals surface area contributed by atoms with E-state index in [1.807, 2.05) is 24.3 Å². The topological polar surface area (TPSA) is 38.0 Å². The fraction of sp³-hybridized carbons (Fsp3) is 0.200. The molecule has 2 nitrogen and oxygen atoms in total. The second-order valence-corrected chi connectivity index (χ2v) is 4.33. The van der Waals surface area contributed by atoms with E-state index in [1.54, 1.807) is 7.05 Å². The first kappa shape index (κ1) is 13.6. The van der Waals surface area contributed by atoms with Crippen LogP contribution in [0.1, 0.15) is 22.7 Å². The molecule has 0 bridgehead atoms. The Morgan fingerprint density at radius 2 is 1.79 bits per heavy atom. The van der Waals surface area contributed by atoms with Crippen molar-refractivity contribution in [2.24, 2.45) is 5.73 Å². The minimum atomic E-state index is -0.574. The molecular formula is C15H16F2N2. The van der Waals surface area contributed by atoms with Gasteiger partial charge in [0.1, 0.15) is 11.6 Å². The van der Waals surface area contributed by atoms with Gasteiger partial charge in [-0.1, -0.05) is 30.3 Å². The molecule has 0 aliphatic heterocycles. The largest absolute Gasteiger partial charge is 0.326 e. The van der Waals surface area contributed by atoms with E-state index in [9.17, 15) is 8.78 Å². The van der Waals surface area contributed by atoms with Crippen molar-refractivity contribution in [1.29, 1.82) is 0 Å². The quantitative estimate of drug-likeness (QED) is 0.889. The highest BCUT2D eigenvalue weighted by Crippen LogP contribution is 2.25. The van der Waals surface area contributed by atoms with Crippen LogP contribution < -0.4 is 11.1 Å². The summed E-state index contributed by atoms with van der Waals surface area (Å²) in [6.45, 7) is 0.468. The van der Waals surface area contributed by atoms with Gasteiger partial charge in [-0.3, -0.25) is 0 Å². The van der Waals surface area contributed by atoms with Crippen molar-refractivity contribution in [1.82, 2.24) is 5.32 Å². The smallest absolute Gasteiger partial charge is 0.131 e. The minimum absolute atomic E-state index is 0.313. The molecule has 2 rings (SSSR count). The second kappa shape index (κ2) is 5.91. The van der Waals surface area contributed by atoms with Crippen molar-refractivity contribution in [3.05, 3.63) is 70.8 Å². The number of rotatable bonds is 4. The lowest BCUT2D eigenvalue weighted by molar-refractivity contribution is 0.551. The van der Waals surface area contributed by atoms with Crippen LogP contribution in [0.15, 0.2) is 42.5 Å². The standard InChI is InChI=1S/C15H16F2N2/c1-19-15(11-4-2-10(9-18)3-5-11)13-7-6-12(16)8-14(13)17/h2-8,15,19H,9,18H2,1H3. The molecule has 0 radical (unpaired) electrons. The van der Waals surface area contributed by atoms with Crippen molar-refractivity contribution in [3.63, 3.8) is 0 Å². The molecule has 4 heteroatoms. The number of hydrogen-bond donors (Lipinski definition) is 2. The van der Waals surface area contributed by atoms with Gasteiger partial charge in [0.05, 0.1) is 6.04 Å². The minimum Gasteiger partial charge on any atom is -0.326 e. The van der Waals surface area contributed by atoms with Crippen LogP contribution in [-0.4, -0.2) is 7.05 Å². The summed E-state index contributed by atoms with van der Waals surface area (Å²) in [4.78, 5) is 0. The van der Waals surface area contributed by atoms with Gasteiger partial charge >= 0.3 is 0 Å². The monoisotopic (exact) mass is 262 g/mol. The maximum absolute atomic E-state index is 13.8. The predicted molar refractivity (Wildman–Crippen MR) is 71.6 cm³/mol. The van der Waals surface area contributed by atoms with E-state index in [1.165, 1.54) is 12.1 Å². The van der Waals surface area contributed by atoms with Gasteiger partial charge in [0.2, 0.25) is 0 Å². The Morgan fingerprint density at radius 1 is 1.11 bits per heavy atom. The summed E-state index contributed by atoms with van der Waals surface area (Å²) in [6.07, 6.45) is 0. The summed E-state index contributed by atoms with van der Waals surface area (Å²) in [5.41, 5.74) is 7.88. The van der Waals surface area contributed by atoms with Crippen molar-refractivity contribution in [3.8, 4) is 0 Å². The zero-order chi connectivity index (χ0) is 13.8. The first-order valence-electron chi connectivity index (χ1n) is 6.07. The van der Waals surface area contributed by atoms with Crippen molar-refractivity contribution in [2.75, 3.05) is 7.05 Å². The molecule has 0 saturated carbocycles. The molecule has 0 saturated heterocycles. The molecule has 19 heavy (non-hydrogen) atoms. The molecule has 1 atom stereocenters. The number of nitrogens with two attached hydrogens (primary N) is 1. The van der Waals surface area contributed by atoms with Gasteiger partial charge in [-0.05, 0) is 24.2 Å². The molecule has 1 unspecified atom stereocenters. The normalized spacial score (nSPS) is 12.4. The van der Waals surface area contributed by atoms with E-state index in [4.69, 9.17) is 5.73 Å². The van der Waals surface area contributed by atoms with E-state index >= 15 is 0 Å². The molecule has 2 aromatic rings. The fourth-order valence-electron chi connectivity index (χ4n) is 2.08. The third kappa shape index (κ3) is 2.97. The summed E-state index contributed by atoms with van der Waals surface area (Å²) in [5.74, 6) is -1.13. The Hall–Kier alpha value is -1.78. The highest BCUT2D eigenvalue weighted by Gasteiger charge is 2.16. The first-order chi connectivity index (χ1) is 9.15. The Labute approximate surface area is 111 Å². The fourth-order valence-corrected chi connectivity index (χ4v) is 2.08. The highest BCUT2D eigenvalue weighted by molar-refractivity contribution is 5.34. The third-order valence-corrected chi connectivity index (χ3v) is 3.11. The number of nitrogens with one attached hydrogen (secondary N) is 1. The lowest BCUT2D eigenvalue weighted by Gasteiger charge is -2.18. The third-order valence-electron chi connectivity index (χ3n) is 3.11. The average molecular weight is 262 g/mol. The zero-order valence-electron chi connectivity index (χ0n) is 10.7. The van der Waals surface area contributed by atoms with Gasteiger partial charge in [-0.2, -0.15) is 0 Å². The van der Waals surface area contributed by atoms with E-state index in [-0.39, 0.29) is 6.04 Å². The Morgan fingerprint density at radius 3 is 2.32 bits per heavy atom. The summed E-state index contributed by atoms with van der Waals surface area (Å²) < 4.78 is 26.8. The summed E-state index contributed by atoms with van der Waals surface area (Å²) in [6, 6.07) is 10.9. The van der Waals surface area contributed by atoms with E-state index < -0.39 is 11.6 Å². The first-order valence-corrected chi connectivity index (χ1v) is 6.07. The second-order valence-electron chi connectivity index (χ2n) is 4.33. The Kier molecular flexibility index (Phi) is 4.24. The van der Waals surface area contributed by atoms with Crippen LogP contribution in [0.4, 0.5) is 8.78 Å². The van der Waals surface area contributed by atoms with Crippen molar-refractivity contribution < 1.29 is 8.78 Å². The van der Waals surface area contributed by atoms with E-state index in [0.29, 0.717) is 12.1 Å². The number of halogens is 2. The molecule has 0 heterocycles. The SMILES string of the molecule is CNC(c1ccc(CN)cc1)c1ccc(F)cc1F. The number of benzene rings is 2. The maximum Gasteiger partial charge on any atom is 0.131 e. The molecular weight excluding hydrogens is 246 g/mol. The highest BCUT2D eigenvalue weighted by atomic mass is 19.1. The summed E-state index contributed by atoms with van der Waals surface area (Å²) in [7, 11) is 1.74. The summed E-state index contributed by atoms with van der Waals surface area (Å²) in [5, 5.41) is 3.04. The van der Waals surface area contributed by atoms with Crippen LogP contribution in [0.25, 0.3) is 0 Å². The maximum atomic E-state index is 13.8. The molecule has 0 amide bonds. The molecule has 0 aliphatic carbocycles. The van der Waals surface area contributed by atoms with Gasteiger partial charge in [0.15, 0.2) is 0 Å². The molecule has 0 aromatic heterocycles.